The number of amides is 1. The molecule has 0 radical (unpaired) electrons. The number of rotatable bonds is 2. The number of nitrogens with zero attached hydrogens (tertiary/aromatic N) is 1. The maximum Gasteiger partial charge on any atom is 0.255 e. The number of likely N-dealkylation sites (N-methyl/N-ethyl adjacent to an activating group) is 1. The van der Waals surface area contributed by atoms with Crippen molar-refractivity contribution in [2.24, 2.45) is 0 Å². The molecule has 1 aliphatic heterocycles. The molecule has 0 aromatic heterocycles. The van der Waals surface area contributed by atoms with Gasteiger partial charge in [-0.25, -0.2) is 0 Å². The second-order valence-corrected chi connectivity index (χ2v) is 5.47. The highest BCUT2D eigenvalue weighted by atomic mass is 79.9. The van der Waals surface area contributed by atoms with Crippen LogP contribution in [0.1, 0.15) is 16.8 Å². The van der Waals surface area contributed by atoms with E-state index in [2.05, 4.69) is 21.2 Å². The maximum absolute atomic E-state index is 12.2. The molecule has 0 saturated carbocycles. The van der Waals surface area contributed by atoms with Crippen molar-refractivity contribution in [1.82, 2.24) is 10.2 Å². The predicted octanol–water partition coefficient (Wildman–Crippen LogP) is 2.96. The molecule has 1 aliphatic rings. The van der Waals surface area contributed by atoms with Gasteiger partial charge >= 0.3 is 0 Å². The number of carbonyl (C=O) groups is 1. The van der Waals surface area contributed by atoms with Crippen LogP contribution in [0.15, 0.2) is 22.7 Å². The summed E-state index contributed by atoms with van der Waals surface area (Å²) < 4.78 is 0.883. The molecule has 6 heteroatoms. The average Bonchev–Trinajstić information content (AvgIpc) is 2.76. The largest absolute Gasteiger partial charge is 0.337 e. The first kappa shape index (κ1) is 15.8. The first-order chi connectivity index (χ1) is 8.11. The summed E-state index contributed by atoms with van der Waals surface area (Å²) in [7, 11) is 1.92. The molecule has 1 aromatic rings. The smallest absolute Gasteiger partial charge is 0.255 e. The molecule has 1 saturated heterocycles. The molecule has 18 heavy (non-hydrogen) atoms. The van der Waals surface area contributed by atoms with Gasteiger partial charge < -0.3 is 10.2 Å². The van der Waals surface area contributed by atoms with Crippen molar-refractivity contribution in [1.29, 1.82) is 0 Å². The third-order valence-electron chi connectivity index (χ3n) is 3.05. The van der Waals surface area contributed by atoms with Gasteiger partial charge in [-0.05, 0) is 31.7 Å². The van der Waals surface area contributed by atoms with Crippen molar-refractivity contribution in [2.75, 3.05) is 20.1 Å². The second kappa shape index (κ2) is 6.75. The first-order valence-corrected chi connectivity index (χ1v) is 6.70. The average molecular weight is 354 g/mol. The number of hydrogen-bond acceptors (Lipinski definition) is 2. The van der Waals surface area contributed by atoms with Gasteiger partial charge in [-0.1, -0.05) is 27.5 Å². The van der Waals surface area contributed by atoms with Crippen molar-refractivity contribution >= 4 is 45.8 Å². The molecule has 1 aromatic carbocycles. The van der Waals surface area contributed by atoms with Gasteiger partial charge in [0.1, 0.15) is 0 Å². The van der Waals surface area contributed by atoms with Crippen LogP contribution in [0.25, 0.3) is 0 Å². The van der Waals surface area contributed by atoms with Crippen LogP contribution >= 0.6 is 39.9 Å². The van der Waals surface area contributed by atoms with E-state index >= 15 is 0 Å². The number of likely N-dealkylation sites (tertiary alicyclic amines) is 1. The summed E-state index contributed by atoms with van der Waals surface area (Å²) in [6, 6.07) is 5.75. The van der Waals surface area contributed by atoms with Crippen LogP contribution in [0.3, 0.4) is 0 Å². The number of halogens is 3. The summed E-state index contributed by atoms with van der Waals surface area (Å²) in [6.45, 7) is 1.54. The minimum atomic E-state index is 0. The Balaban J connectivity index is 0.00000162. The van der Waals surface area contributed by atoms with E-state index in [1.54, 1.807) is 12.1 Å². The molecular formula is C12H15BrCl2N2O. The van der Waals surface area contributed by atoms with Crippen LogP contribution in [-0.2, 0) is 0 Å². The lowest BCUT2D eigenvalue weighted by Crippen LogP contribution is -2.33. The van der Waals surface area contributed by atoms with Gasteiger partial charge in [-0.3, -0.25) is 4.79 Å². The highest BCUT2D eigenvalue weighted by Gasteiger charge is 2.26. The zero-order valence-electron chi connectivity index (χ0n) is 9.95. The third-order valence-corrected chi connectivity index (χ3v) is 3.85. The van der Waals surface area contributed by atoms with Gasteiger partial charge in [0.15, 0.2) is 0 Å². The fourth-order valence-electron chi connectivity index (χ4n) is 2.01. The van der Waals surface area contributed by atoms with Crippen LogP contribution in [0.4, 0.5) is 0 Å². The Morgan fingerprint density at radius 2 is 2.28 bits per heavy atom. The standard InChI is InChI=1S/C12H14BrClN2O.ClH/c1-15-9-4-5-16(7-9)12(17)10-3-2-8(13)6-11(10)14;/h2-3,6,9,15H,4-5,7H2,1H3;1H. The van der Waals surface area contributed by atoms with E-state index in [9.17, 15) is 4.79 Å². The van der Waals surface area contributed by atoms with E-state index in [4.69, 9.17) is 11.6 Å². The van der Waals surface area contributed by atoms with Crippen LogP contribution in [0.2, 0.25) is 5.02 Å². The lowest BCUT2D eigenvalue weighted by atomic mass is 10.2. The van der Waals surface area contributed by atoms with Crippen LogP contribution in [-0.4, -0.2) is 37.0 Å². The van der Waals surface area contributed by atoms with E-state index in [0.717, 1.165) is 24.0 Å². The highest BCUT2D eigenvalue weighted by molar-refractivity contribution is 9.10. The summed E-state index contributed by atoms with van der Waals surface area (Å²) in [5.41, 5.74) is 0.576. The molecule has 0 aliphatic carbocycles. The summed E-state index contributed by atoms with van der Waals surface area (Å²) in [5.74, 6) is 0.0141. The van der Waals surface area contributed by atoms with Crippen LogP contribution in [0, 0.1) is 0 Å². The minimum Gasteiger partial charge on any atom is -0.337 e. The van der Waals surface area contributed by atoms with E-state index in [1.165, 1.54) is 0 Å². The molecule has 1 fully saturated rings. The molecule has 0 bridgehead atoms. The molecule has 2 rings (SSSR count). The fraction of sp³-hybridized carbons (Fsp3) is 0.417. The Kier molecular flexibility index (Phi) is 5.92. The summed E-state index contributed by atoms with van der Waals surface area (Å²) in [4.78, 5) is 14.1. The van der Waals surface area contributed by atoms with E-state index in [0.29, 0.717) is 16.6 Å². The Labute approximate surface area is 126 Å². The topological polar surface area (TPSA) is 32.3 Å². The van der Waals surface area contributed by atoms with Crippen molar-refractivity contribution in [3.8, 4) is 0 Å². The Morgan fingerprint density at radius 1 is 1.56 bits per heavy atom. The van der Waals surface area contributed by atoms with E-state index < -0.39 is 0 Å². The quantitative estimate of drug-likeness (QED) is 0.886. The van der Waals surface area contributed by atoms with Gasteiger partial charge in [-0.2, -0.15) is 0 Å². The summed E-state index contributed by atoms with van der Waals surface area (Å²) in [6.07, 6.45) is 0.996. The van der Waals surface area contributed by atoms with Gasteiger partial charge in [0, 0.05) is 23.6 Å². The summed E-state index contributed by atoms with van der Waals surface area (Å²) in [5, 5.41) is 3.69. The maximum atomic E-state index is 12.2. The van der Waals surface area contributed by atoms with Crippen LogP contribution in [0.5, 0.6) is 0 Å². The van der Waals surface area contributed by atoms with Gasteiger partial charge in [0.25, 0.3) is 5.91 Å². The molecule has 1 N–H and O–H groups in total. The van der Waals surface area contributed by atoms with Crippen molar-refractivity contribution in [3.63, 3.8) is 0 Å². The number of nitrogens with one attached hydrogen (secondary N) is 1. The monoisotopic (exact) mass is 352 g/mol. The van der Waals surface area contributed by atoms with Crippen LogP contribution < -0.4 is 5.32 Å². The molecule has 1 unspecified atom stereocenters. The molecule has 3 nitrogen and oxygen atoms in total. The zero-order valence-corrected chi connectivity index (χ0v) is 13.1. The predicted molar refractivity (Wildman–Crippen MR) is 79.8 cm³/mol. The summed E-state index contributed by atoms with van der Waals surface area (Å²) >= 11 is 9.41. The molecule has 1 atom stereocenters. The van der Waals surface area contributed by atoms with Gasteiger partial charge in [0.2, 0.25) is 0 Å². The molecule has 0 spiro atoms. The second-order valence-electron chi connectivity index (χ2n) is 4.15. The number of carbonyl (C=O) groups excluding carboxylic acids is 1. The number of hydrogen-bond donors (Lipinski definition) is 1. The molecule has 1 amide bonds. The Hall–Kier alpha value is -0.290. The molecule has 1 heterocycles. The zero-order chi connectivity index (χ0) is 12.4. The highest BCUT2D eigenvalue weighted by Crippen LogP contribution is 2.24. The Bertz CT molecular complexity index is 442. The SMILES string of the molecule is CNC1CCN(C(=O)c2ccc(Br)cc2Cl)C1.Cl. The van der Waals surface area contributed by atoms with Gasteiger partial charge in [0.05, 0.1) is 10.6 Å². The normalized spacial score (nSPS) is 18.6. The van der Waals surface area contributed by atoms with Crippen molar-refractivity contribution in [2.45, 2.75) is 12.5 Å². The number of benzene rings is 1. The molecular weight excluding hydrogens is 339 g/mol. The van der Waals surface area contributed by atoms with Gasteiger partial charge in [-0.15, -0.1) is 12.4 Å². The van der Waals surface area contributed by atoms with E-state index in [1.807, 2.05) is 18.0 Å². The fourth-order valence-corrected chi connectivity index (χ4v) is 2.77. The minimum absolute atomic E-state index is 0. The first-order valence-electron chi connectivity index (χ1n) is 5.53. The van der Waals surface area contributed by atoms with E-state index in [-0.39, 0.29) is 18.3 Å². The van der Waals surface area contributed by atoms with Crippen molar-refractivity contribution < 1.29 is 4.79 Å². The Morgan fingerprint density at radius 3 is 2.83 bits per heavy atom. The lowest BCUT2D eigenvalue weighted by molar-refractivity contribution is 0.0790. The lowest BCUT2D eigenvalue weighted by Gasteiger charge is -2.17. The molecule has 100 valence electrons. The third kappa shape index (κ3) is 3.38. The van der Waals surface area contributed by atoms with Crippen molar-refractivity contribution in [3.05, 3.63) is 33.3 Å².